The van der Waals surface area contributed by atoms with Gasteiger partial charge in [0.1, 0.15) is 6.54 Å². The fourth-order valence-corrected chi connectivity index (χ4v) is 3.73. The number of hydrogen-bond donors (Lipinski definition) is 2. The summed E-state index contributed by atoms with van der Waals surface area (Å²) in [7, 11) is 1.35. The van der Waals surface area contributed by atoms with Crippen LogP contribution in [-0.2, 0) is 25.7 Å². The van der Waals surface area contributed by atoms with Crippen molar-refractivity contribution < 1.29 is 19.1 Å². The van der Waals surface area contributed by atoms with Gasteiger partial charge in [0, 0.05) is 52.5 Å². The third-order valence-corrected chi connectivity index (χ3v) is 5.25. The minimum atomic E-state index is -0.291. The summed E-state index contributed by atoms with van der Waals surface area (Å²) in [5.74, 6) is -0.573. The molecule has 0 bridgehead atoms. The fraction of sp³-hybridized carbons (Fsp3) is 0.208. The first-order chi connectivity index (χ1) is 15.1. The molecule has 0 unspecified atom stereocenters. The Kier molecular flexibility index (Phi) is 5.84. The lowest BCUT2D eigenvalue weighted by Crippen LogP contribution is -2.28. The Morgan fingerprint density at radius 1 is 1.13 bits per heavy atom. The first kappa shape index (κ1) is 20.4. The largest absolute Gasteiger partial charge is 0.469 e. The molecule has 31 heavy (non-hydrogen) atoms. The van der Waals surface area contributed by atoms with E-state index in [1.165, 1.54) is 7.11 Å². The van der Waals surface area contributed by atoms with Gasteiger partial charge in [-0.05, 0) is 24.6 Å². The molecule has 2 heterocycles. The maximum Gasteiger partial charge on any atom is 0.305 e. The minimum Gasteiger partial charge on any atom is -0.469 e. The zero-order chi connectivity index (χ0) is 21.8. The molecule has 1 aliphatic rings. The second kappa shape index (κ2) is 8.87. The molecule has 2 N–H and O–H groups in total. The molecule has 1 aliphatic heterocycles. The molecule has 7 nitrogen and oxygen atoms in total. The van der Waals surface area contributed by atoms with Crippen molar-refractivity contribution in [1.29, 1.82) is 0 Å². The van der Waals surface area contributed by atoms with E-state index in [0.29, 0.717) is 18.5 Å². The number of rotatable bonds is 7. The number of para-hydroxylation sites is 2. The lowest BCUT2D eigenvalue weighted by molar-refractivity contribution is -0.140. The van der Waals surface area contributed by atoms with Crippen molar-refractivity contribution in [3.05, 3.63) is 65.9 Å². The monoisotopic (exact) mass is 417 g/mol. The standard InChI is InChI=1S/C24H23N3O4/c1-31-23(29)11-6-12-25-22(28)15-27-14-16(17-7-3-5-10-21(17)27)13-19-18-8-2-4-9-20(18)26-24(19)30/h2-5,7-10,13-14H,6,11-12,15H2,1H3,(H,25,28)(H,26,30)/b19-13-. The Labute approximate surface area is 179 Å². The van der Waals surface area contributed by atoms with Crippen LogP contribution < -0.4 is 10.6 Å². The molecule has 0 fully saturated rings. The molecule has 0 saturated heterocycles. The smallest absolute Gasteiger partial charge is 0.305 e. The van der Waals surface area contributed by atoms with Crippen LogP contribution in [0.1, 0.15) is 24.0 Å². The Morgan fingerprint density at radius 2 is 1.90 bits per heavy atom. The third-order valence-electron chi connectivity index (χ3n) is 5.25. The molecular weight excluding hydrogens is 394 g/mol. The van der Waals surface area contributed by atoms with Crippen molar-refractivity contribution >= 4 is 46.0 Å². The molecule has 0 saturated carbocycles. The van der Waals surface area contributed by atoms with Crippen LogP contribution in [0, 0.1) is 0 Å². The van der Waals surface area contributed by atoms with Crippen LogP contribution in [0.4, 0.5) is 5.69 Å². The summed E-state index contributed by atoms with van der Waals surface area (Å²) in [6.07, 6.45) is 4.55. The number of methoxy groups -OCH3 is 1. The number of esters is 1. The lowest BCUT2D eigenvalue weighted by Gasteiger charge is -2.07. The summed E-state index contributed by atoms with van der Waals surface area (Å²) >= 11 is 0. The van der Waals surface area contributed by atoms with E-state index in [9.17, 15) is 14.4 Å². The fourth-order valence-electron chi connectivity index (χ4n) is 3.73. The third kappa shape index (κ3) is 4.35. The highest BCUT2D eigenvalue weighted by Crippen LogP contribution is 2.34. The van der Waals surface area contributed by atoms with Crippen LogP contribution in [0.3, 0.4) is 0 Å². The van der Waals surface area contributed by atoms with Crippen LogP contribution in [0.25, 0.3) is 22.6 Å². The second-order valence-corrected chi connectivity index (χ2v) is 7.32. The van der Waals surface area contributed by atoms with E-state index in [0.717, 1.165) is 27.7 Å². The van der Waals surface area contributed by atoms with E-state index in [2.05, 4.69) is 15.4 Å². The molecule has 0 aliphatic carbocycles. The summed E-state index contributed by atoms with van der Waals surface area (Å²) in [5, 5.41) is 6.68. The molecular formula is C24H23N3O4. The number of carbonyl (C=O) groups is 3. The van der Waals surface area contributed by atoms with E-state index in [1.807, 2.05) is 65.4 Å². The number of fused-ring (bicyclic) bond motifs is 2. The summed E-state index contributed by atoms with van der Waals surface area (Å²) in [5.41, 5.74) is 4.05. The molecule has 3 aromatic rings. The number of ether oxygens (including phenoxy) is 1. The van der Waals surface area contributed by atoms with Crippen molar-refractivity contribution in [2.24, 2.45) is 0 Å². The van der Waals surface area contributed by atoms with Gasteiger partial charge in [-0.25, -0.2) is 0 Å². The van der Waals surface area contributed by atoms with E-state index < -0.39 is 0 Å². The summed E-state index contributed by atoms with van der Waals surface area (Å²) in [6, 6.07) is 15.4. The van der Waals surface area contributed by atoms with Crippen molar-refractivity contribution in [2.45, 2.75) is 19.4 Å². The van der Waals surface area contributed by atoms with E-state index in [-0.39, 0.29) is 30.7 Å². The van der Waals surface area contributed by atoms with Crippen LogP contribution in [0.5, 0.6) is 0 Å². The molecule has 2 aromatic carbocycles. The molecule has 7 heteroatoms. The number of nitrogens with zero attached hydrogens (tertiary/aromatic N) is 1. The molecule has 4 rings (SSSR count). The van der Waals surface area contributed by atoms with Crippen molar-refractivity contribution in [3.8, 4) is 0 Å². The van der Waals surface area contributed by atoms with Gasteiger partial charge in [-0.2, -0.15) is 0 Å². The number of hydrogen-bond acceptors (Lipinski definition) is 4. The Bertz CT molecular complexity index is 1190. The topological polar surface area (TPSA) is 89.4 Å². The average molecular weight is 417 g/mol. The molecule has 2 amide bonds. The normalized spacial score (nSPS) is 13.8. The lowest BCUT2D eigenvalue weighted by atomic mass is 10.0. The predicted octanol–water partition coefficient (Wildman–Crippen LogP) is 3.20. The van der Waals surface area contributed by atoms with E-state index >= 15 is 0 Å². The summed E-state index contributed by atoms with van der Waals surface area (Å²) in [6.45, 7) is 0.547. The maximum absolute atomic E-state index is 12.5. The molecule has 0 spiro atoms. The van der Waals surface area contributed by atoms with Crippen LogP contribution in [0.2, 0.25) is 0 Å². The highest BCUT2D eigenvalue weighted by atomic mass is 16.5. The van der Waals surface area contributed by atoms with Gasteiger partial charge in [0.05, 0.1) is 7.11 Å². The number of benzene rings is 2. The highest BCUT2D eigenvalue weighted by molar-refractivity contribution is 6.35. The summed E-state index contributed by atoms with van der Waals surface area (Å²) < 4.78 is 6.47. The van der Waals surface area contributed by atoms with Gasteiger partial charge < -0.3 is 19.9 Å². The average Bonchev–Trinajstić information content (AvgIpc) is 3.28. The highest BCUT2D eigenvalue weighted by Gasteiger charge is 2.24. The molecule has 158 valence electrons. The van der Waals surface area contributed by atoms with E-state index in [4.69, 9.17) is 0 Å². The maximum atomic E-state index is 12.5. The predicted molar refractivity (Wildman–Crippen MR) is 119 cm³/mol. The summed E-state index contributed by atoms with van der Waals surface area (Å²) in [4.78, 5) is 36.1. The first-order valence-electron chi connectivity index (χ1n) is 10.1. The number of aromatic nitrogens is 1. The molecule has 1 aromatic heterocycles. The van der Waals surface area contributed by atoms with Crippen molar-refractivity contribution in [1.82, 2.24) is 9.88 Å². The van der Waals surface area contributed by atoms with Crippen molar-refractivity contribution in [3.63, 3.8) is 0 Å². The Balaban J connectivity index is 1.55. The molecule has 0 radical (unpaired) electrons. The van der Waals surface area contributed by atoms with Crippen LogP contribution >= 0.6 is 0 Å². The number of carbonyl (C=O) groups excluding carboxylic acids is 3. The number of amides is 2. The van der Waals surface area contributed by atoms with Gasteiger partial charge in [0.15, 0.2) is 0 Å². The van der Waals surface area contributed by atoms with Gasteiger partial charge in [0.2, 0.25) is 5.91 Å². The first-order valence-corrected chi connectivity index (χ1v) is 10.1. The minimum absolute atomic E-state index is 0.138. The van der Waals surface area contributed by atoms with Gasteiger partial charge in [-0.1, -0.05) is 36.4 Å². The second-order valence-electron chi connectivity index (χ2n) is 7.32. The van der Waals surface area contributed by atoms with Gasteiger partial charge in [-0.3, -0.25) is 14.4 Å². The van der Waals surface area contributed by atoms with Crippen LogP contribution in [0.15, 0.2) is 54.7 Å². The number of anilines is 1. The number of nitrogens with one attached hydrogen (secondary N) is 2. The zero-order valence-electron chi connectivity index (χ0n) is 17.2. The van der Waals surface area contributed by atoms with Crippen molar-refractivity contribution in [2.75, 3.05) is 19.0 Å². The zero-order valence-corrected chi connectivity index (χ0v) is 17.2. The van der Waals surface area contributed by atoms with Crippen LogP contribution in [-0.4, -0.2) is 36.0 Å². The Hall–Kier alpha value is -3.87. The quantitative estimate of drug-likeness (QED) is 0.351. The SMILES string of the molecule is COC(=O)CCCNC(=O)Cn1cc(/C=C2\C(=O)Nc3ccccc32)c2ccccc21. The van der Waals surface area contributed by atoms with Gasteiger partial charge in [0.25, 0.3) is 5.91 Å². The molecule has 0 atom stereocenters. The van der Waals surface area contributed by atoms with Gasteiger partial charge >= 0.3 is 5.97 Å². The van der Waals surface area contributed by atoms with E-state index in [1.54, 1.807) is 0 Å². The van der Waals surface area contributed by atoms with Gasteiger partial charge in [-0.15, -0.1) is 0 Å². The Morgan fingerprint density at radius 3 is 2.74 bits per heavy atom.